The van der Waals surface area contributed by atoms with Crippen LogP contribution in [-0.4, -0.2) is 37.5 Å². The highest BCUT2D eigenvalue weighted by atomic mass is 32.3. The van der Waals surface area contributed by atoms with Gasteiger partial charge in [0.15, 0.2) is 0 Å². The molecule has 4 heteroatoms. The lowest BCUT2D eigenvalue weighted by atomic mass is 9.85. The van der Waals surface area contributed by atoms with Gasteiger partial charge in [0.25, 0.3) is 0 Å². The van der Waals surface area contributed by atoms with Gasteiger partial charge in [-0.05, 0) is 135 Å². The Labute approximate surface area is 334 Å². The quantitative estimate of drug-likeness (QED) is 0.163. The number of rotatable bonds is 6. The molecule has 0 N–H and O–H groups in total. The predicted molar refractivity (Wildman–Crippen MR) is 253 cm³/mol. The summed E-state index contributed by atoms with van der Waals surface area (Å²) in [4.78, 5) is 2.46. The fourth-order valence-electron chi connectivity index (χ4n) is 9.53. The summed E-state index contributed by atoms with van der Waals surface area (Å²) in [6, 6.07) is 55.2. The maximum Gasteiger partial charge on any atom is 0.0812 e. The van der Waals surface area contributed by atoms with Crippen molar-refractivity contribution >= 4 is 79.4 Å². The molecule has 1 aliphatic rings. The summed E-state index contributed by atoms with van der Waals surface area (Å²) in [6.07, 6.45) is 15.3. The van der Waals surface area contributed by atoms with E-state index in [4.69, 9.17) is 0 Å². The molecule has 1 aliphatic carbocycles. The van der Waals surface area contributed by atoms with Gasteiger partial charge in [-0.2, -0.15) is 0 Å². The summed E-state index contributed by atoms with van der Waals surface area (Å²) in [5.41, 5.74) is 13.4. The van der Waals surface area contributed by atoms with Crippen LogP contribution in [0.1, 0.15) is 37.5 Å². The van der Waals surface area contributed by atoms with Gasteiger partial charge in [0.1, 0.15) is 0 Å². The average molecular weight is 774 g/mol. The van der Waals surface area contributed by atoms with Crippen LogP contribution in [0.25, 0.3) is 53.2 Å². The lowest BCUT2D eigenvalue weighted by molar-refractivity contribution is 0.591. The summed E-state index contributed by atoms with van der Waals surface area (Å²) < 4.78 is 2.61. The Balaban J connectivity index is 1.23. The van der Waals surface area contributed by atoms with Crippen LogP contribution in [0.2, 0.25) is 0 Å². The van der Waals surface area contributed by atoms with Crippen molar-refractivity contribution in [2.24, 2.45) is 0 Å². The Morgan fingerprint density at radius 1 is 0.509 bits per heavy atom. The van der Waals surface area contributed by atoms with Gasteiger partial charge in [0.05, 0.1) is 4.08 Å². The third-order valence-electron chi connectivity index (χ3n) is 11.7. The van der Waals surface area contributed by atoms with E-state index in [9.17, 15) is 0 Å². The molecule has 0 fully saturated rings. The molecule has 0 spiro atoms. The number of benzene rings is 7. The average Bonchev–Trinajstić information content (AvgIpc) is 3.69. The second-order valence-electron chi connectivity index (χ2n) is 17.7. The molecule has 1 nitrogen and oxygen atoms in total. The van der Waals surface area contributed by atoms with E-state index >= 15 is 0 Å². The van der Waals surface area contributed by atoms with E-state index in [1.165, 1.54) is 75.6 Å². The van der Waals surface area contributed by atoms with Crippen LogP contribution in [0, 0.1) is 0 Å². The molecular formula is C51H51NS3. The molecular weight excluding hydrogens is 723 g/mol. The topological polar surface area (TPSA) is 3.24 Å². The standard InChI is InChI=1S/C51H51NS3/c1-50(2,3)36-25-29-40-35(32-36)24-31-45-48(40)44-30-28-39(33-46(44)51(45,54(4,5)6)55(7,8)9)52(37-16-11-10-12-17-37)38-26-22-34(23-27-38)41-19-15-20-43-42-18-13-14-21-47(42)53-49(41)43/h10-33H,1-9H3. The monoisotopic (exact) mass is 773 g/mol. The third-order valence-corrected chi connectivity index (χ3v) is 20.3. The van der Waals surface area contributed by atoms with E-state index in [1.807, 2.05) is 11.3 Å². The molecule has 0 bridgehead atoms. The van der Waals surface area contributed by atoms with Crippen molar-refractivity contribution in [3.05, 3.63) is 162 Å². The van der Waals surface area contributed by atoms with Gasteiger partial charge in [0.2, 0.25) is 0 Å². The highest BCUT2D eigenvalue weighted by Gasteiger charge is 2.55. The summed E-state index contributed by atoms with van der Waals surface area (Å²) in [5.74, 6) is 0. The van der Waals surface area contributed by atoms with Crippen molar-refractivity contribution < 1.29 is 0 Å². The third kappa shape index (κ3) is 5.58. The van der Waals surface area contributed by atoms with Crippen LogP contribution in [0.3, 0.4) is 0 Å². The molecule has 278 valence electrons. The molecule has 0 saturated heterocycles. The Kier molecular flexibility index (Phi) is 8.40. The van der Waals surface area contributed by atoms with E-state index in [-0.39, 0.29) is 9.49 Å². The van der Waals surface area contributed by atoms with Gasteiger partial charge in [0, 0.05) is 37.2 Å². The van der Waals surface area contributed by atoms with Crippen molar-refractivity contribution in [1.29, 1.82) is 0 Å². The predicted octanol–water partition coefficient (Wildman–Crippen LogP) is 15.2. The number of thiophene rings is 1. The highest BCUT2D eigenvalue weighted by Crippen LogP contribution is 2.80. The van der Waals surface area contributed by atoms with Gasteiger partial charge < -0.3 is 4.90 Å². The first-order valence-electron chi connectivity index (χ1n) is 19.1. The Morgan fingerprint density at radius 2 is 1.16 bits per heavy atom. The minimum atomic E-state index is -1.17. The summed E-state index contributed by atoms with van der Waals surface area (Å²) in [7, 11) is -2.33. The molecule has 8 aromatic rings. The van der Waals surface area contributed by atoms with E-state index in [0.717, 1.165) is 11.4 Å². The van der Waals surface area contributed by atoms with Crippen LogP contribution < -0.4 is 4.90 Å². The fraction of sp³-hybridized carbons (Fsp3) is 0.216. The second-order valence-corrected chi connectivity index (χ2v) is 27.6. The highest BCUT2D eigenvalue weighted by molar-refractivity contribution is 8.48. The van der Waals surface area contributed by atoms with Crippen LogP contribution in [-0.2, 0) is 9.49 Å². The minimum Gasteiger partial charge on any atom is -0.310 e. The van der Waals surface area contributed by atoms with Crippen LogP contribution in [0.15, 0.2) is 146 Å². The number of fused-ring (bicyclic) bond motifs is 8. The molecule has 0 aliphatic heterocycles. The van der Waals surface area contributed by atoms with E-state index in [1.54, 1.807) is 0 Å². The van der Waals surface area contributed by atoms with Crippen LogP contribution in [0.4, 0.5) is 17.1 Å². The number of anilines is 3. The lowest BCUT2D eigenvalue weighted by Crippen LogP contribution is -2.35. The number of hydrogen-bond acceptors (Lipinski definition) is 2. The van der Waals surface area contributed by atoms with Gasteiger partial charge in [-0.25, -0.2) is 20.1 Å². The van der Waals surface area contributed by atoms with Crippen LogP contribution >= 0.6 is 31.4 Å². The van der Waals surface area contributed by atoms with Crippen LogP contribution in [0.5, 0.6) is 0 Å². The number of nitrogens with zero attached hydrogens (tertiary/aromatic N) is 1. The van der Waals surface area contributed by atoms with E-state index in [2.05, 4.69) is 209 Å². The zero-order valence-corrected chi connectivity index (χ0v) is 36.0. The number of hydrogen-bond donors (Lipinski definition) is 0. The van der Waals surface area contributed by atoms with Gasteiger partial charge >= 0.3 is 0 Å². The first-order valence-corrected chi connectivity index (χ1v) is 25.7. The first-order chi connectivity index (χ1) is 26.2. The second kappa shape index (κ2) is 12.8. The molecule has 1 aromatic heterocycles. The molecule has 0 unspecified atom stereocenters. The summed E-state index contributed by atoms with van der Waals surface area (Å²) in [5, 5.41) is 5.38. The summed E-state index contributed by atoms with van der Waals surface area (Å²) in [6.45, 7) is 6.94. The summed E-state index contributed by atoms with van der Waals surface area (Å²) >= 11 is 1.89. The van der Waals surface area contributed by atoms with Gasteiger partial charge in [-0.15, -0.1) is 11.3 Å². The molecule has 0 amide bonds. The smallest absolute Gasteiger partial charge is 0.0812 e. The normalized spacial score (nSPS) is 14.6. The minimum absolute atomic E-state index is 0.0767. The van der Waals surface area contributed by atoms with E-state index < -0.39 is 20.1 Å². The molecule has 9 rings (SSSR count). The molecule has 0 saturated carbocycles. The van der Waals surface area contributed by atoms with Crippen molar-refractivity contribution in [1.82, 2.24) is 0 Å². The van der Waals surface area contributed by atoms with Crippen molar-refractivity contribution in [2.75, 3.05) is 42.4 Å². The Hall–Kier alpha value is -4.48. The molecule has 55 heavy (non-hydrogen) atoms. The fourth-order valence-corrected chi connectivity index (χ4v) is 20.1. The molecule has 0 radical (unpaired) electrons. The zero-order valence-electron chi connectivity index (χ0n) is 33.5. The molecule has 7 aromatic carbocycles. The SMILES string of the molecule is CC(C)(C)c1ccc2c3c(ccc2c1)C(S(C)(C)C)(S(C)(C)C)c1cc(N(c2ccccc2)c2ccc(-c4cccc5c4sc4ccccc45)cc2)ccc1-3. The van der Waals surface area contributed by atoms with Crippen molar-refractivity contribution in [2.45, 2.75) is 30.3 Å². The maximum atomic E-state index is 2.57. The number of para-hydroxylation sites is 1. The van der Waals surface area contributed by atoms with Gasteiger partial charge in [-0.3, -0.25) is 0 Å². The van der Waals surface area contributed by atoms with Crippen molar-refractivity contribution in [3.63, 3.8) is 0 Å². The van der Waals surface area contributed by atoms with E-state index in [0.29, 0.717) is 0 Å². The lowest BCUT2D eigenvalue weighted by Gasteiger charge is -2.58. The Morgan fingerprint density at radius 3 is 1.87 bits per heavy atom. The van der Waals surface area contributed by atoms with Gasteiger partial charge in [-0.1, -0.05) is 124 Å². The molecule has 0 atom stereocenters. The maximum absolute atomic E-state index is 2.57. The largest absolute Gasteiger partial charge is 0.310 e. The molecule has 1 heterocycles. The van der Waals surface area contributed by atoms with Crippen molar-refractivity contribution in [3.8, 4) is 22.3 Å². The first kappa shape index (κ1) is 36.2. The zero-order chi connectivity index (χ0) is 38.5. The Bertz CT molecular complexity index is 2740.